The average molecular weight is 382 g/mol. The SMILES string of the molecule is CC[C@H](C)[C@@H](C(=O)OCC(=O)Nc1ccc(C(=O)NC)cc1)c1ccccc1. The third kappa shape index (κ3) is 5.67. The van der Waals surface area contributed by atoms with Gasteiger partial charge in [0, 0.05) is 18.3 Å². The molecule has 6 heteroatoms. The Bertz CT molecular complexity index is 803. The van der Waals surface area contributed by atoms with E-state index in [2.05, 4.69) is 10.6 Å². The highest BCUT2D eigenvalue weighted by Gasteiger charge is 2.27. The van der Waals surface area contributed by atoms with Crippen LogP contribution in [0.1, 0.15) is 42.1 Å². The molecule has 0 spiro atoms. The van der Waals surface area contributed by atoms with Gasteiger partial charge in [-0.1, -0.05) is 50.6 Å². The van der Waals surface area contributed by atoms with Crippen molar-refractivity contribution in [3.63, 3.8) is 0 Å². The lowest BCUT2D eigenvalue weighted by Crippen LogP contribution is -2.27. The monoisotopic (exact) mass is 382 g/mol. The van der Waals surface area contributed by atoms with Gasteiger partial charge in [-0.25, -0.2) is 0 Å². The summed E-state index contributed by atoms with van der Waals surface area (Å²) < 4.78 is 5.28. The molecule has 0 aliphatic carbocycles. The summed E-state index contributed by atoms with van der Waals surface area (Å²) >= 11 is 0. The lowest BCUT2D eigenvalue weighted by atomic mass is 9.86. The molecule has 2 aromatic rings. The van der Waals surface area contributed by atoms with Crippen LogP contribution < -0.4 is 10.6 Å². The summed E-state index contributed by atoms with van der Waals surface area (Å²) in [6.07, 6.45) is 0.818. The van der Waals surface area contributed by atoms with E-state index in [0.717, 1.165) is 12.0 Å². The van der Waals surface area contributed by atoms with Crippen molar-refractivity contribution < 1.29 is 19.1 Å². The van der Waals surface area contributed by atoms with Crippen molar-refractivity contribution in [2.75, 3.05) is 19.0 Å². The molecule has 0 saturated heterocycles. The van der Waals surface area contributed by atoms with Gasteiger partial charge in [0.15, 0.2) is 6.61 Å². The van der Waals surface area contributed by atoms with E-state index in [9.17, 15) is 14.4 Å². The highest BCUT2D eigenvalue weighted by atomic mass is 16.5. The van der Waals surface area contributed by atoms with E-state index in [4.69, 9.17) is 4.74 Å². The van der Waals surface area contributed by atoms with Crippen molar-refractivity contribution in [2.45, 2.75) is 26.2 Å². The van der Waals surface area contributed by atoms with Gasteiger partial charge in [-0.15, -0.1) is 0 Å². The molecular weight excluding hydrogens is 356 g/mol. The summed E-state index contributed by atoms with van der Waals surface area (Å²) in [6, 6.07) is 15.9. The lowest BCUT2D eigenvalue weighted by molar-refractivity contribution is -0.150. The molecule has 0 unspecified atom stereocenters. The van der Waals surface area contributed by atoms with Gasteiger partial charge in [0.1, 0.15) is 0 Å². The normalized spacial score (nSPS) is 12.5. The van der Waals surface area contributed by atoms with Crippen LogP contribution in [0.3, 0.4) is 0 Å². The van der Waals surface area contributed by atoms with Crippen molar-refractivity contribution >= 4 is 23.5 Å². The molecule has 2 amide bonds. The second kappa shape index (κ2) is 10.3. The minimum absolute atomic E-state index is 0.0928. The number of nitrogens with one attached hydrogen (secondary N) is 2. The van der Waals surface area contributed by atoms with Crippen LogP contribution in [0.2, 0.25) is 0 Å². The quantitative estimate of drug-likeness (QED) is 0.686. The number of amides is 2. The zero-order valence-corrected chi connectivity index (χ0v) is 16.4. The Morgan fingerprint density at radius 3 is 2.21 bits per heavy atom. The fourth-order valence-electron chi connectivity index (χ4n) is 2.87. The molecule has 2 N–H and O–H groups in total. The van der Waals surface area contributed by atoms with Gasteiger partial charge in [-0.05, 0) is 35.7 Å². The predicted octanol–water partition coefficient (Wildman–Crippen LogP) is 3.36. The third-order valence-electron chi connectivity index (χ3n) is 4.63. The summed E-state index contributed by atoms with van der Waals surface area (Å²) in [5.74, 6) is -1.37. The number of hydrogen-bond donors (Lipinski definition) is 2. The molecule has 2 rings (SSSR count). The fourth-order valence-corrected chi connectivity index (χ4v) is 2.87. The Kier molecular flexibility index (Phi) is 7.75. The minimum Gasteiger partial charge on any atom is -0.455 e. The molecule has 0 bridgehead atoms. The number of hydrogen-bond acceptors (Lipinski definition) is 4. The molecule has 6 nitrogen and oxygen atoms in total. The maximum absolute atomic E-state index is 12.6. The predicted molar refractivity (Wildman–Crippen MR) is 108 cm³/mol. The largest absolute Gasteiger partial charge is 0.455 e. The van der Waals surface area contributed by atoms with E-state index in [1.54, 1.807) is 31.3 Å². The molecule has 0 heterocycles. The summed E-state index contributed by atoms with van der Waals surface area (Å²) in [5, 5.41) is 5.18. The van der Waals surface area contributed by atoms with Gasteiger partial charge in [0.25, 0.3) is 11.8 Å². The van der Waals surface area contributed by atoms with Gasteiger partial charge in [0.05, 0.1) is 5.92 Å². The highest BCUT2D eigenvalue weighted by molar-refractivity contribution is 5.96. The number of ether oxygens (including phenoxy) is 1. The molecule has 0 radical (unpaired) electrons. The zero-order chi connectivity index (χ0) is 20.5. The van der Waals surface area contributed by atoms with Gasteiger partial charge in [-0.3, -0.25) is 14.4 Å². The smallest absolute Gasteiger partial charge is 0.314 e. The van der Waals surface area contributed by atoms with Gasteiger partial charge >= 0.3 is 5.97 Å². The van der Waals surface area contributed by atoms with Crippen LogP contribution in [0.4, 0.5) is 5.69 Å². The highest BCUT2D eigenvalue weighted by Crippen LogP contribution is 2.28. The molecule has 0 fully saturated rings. The number of benzene rings is 2. The molecule has 148 valence electrons. The van der Waals surface area contributed by atoms with Crippen LogP contribution >= 0.6 is 0 Å². The van der Waals surface area contributed by atoms with Crippen LogP contribution in [0.5, 0.6) is 0 Å². The molecule has 0 aliphatic heterocycles. The summed E-state index contributed by atoms with van der Waals surface area (Å²) in [6.45, 7) is 3.64. The van der Waals surface area contributed by atoms with Crippen molar-refractivity contribution in [3.05, 3.63) is 65.7 Å². The summed E-state index contributed by atoms with van der Waals surface area (Å²) in [7, 11) is 1.55. The van der Waals surface area contributed by atoms with Crippen LogP contribution in [-0.2, 0) is 14.3 Å². The number of carbonyl (C=O) groups excluding carboxylic acids is 3. The number of carbonyl (C=O) groups is 3. The van der Waals surface area contributed by atoms with E-state index in [1.807, 2.05) is 44.2 Å². The third-order valence-corrected chi connectivity index (χ3v) is 4.63. The van der Waals surface area contributed by atoms with Crippen LogP contribution in [0.25, 0.3) is 0 Å². The second-order valence-corrected chi connectivity index (χ2v) is 6.59. The molecule has 2 atom stereocenters. The first-order chi connectivity index (χ1) is 13.5. The first-order valence-corrected chi connectivity index (χ1v) is 9.29. The van der Waals surface area contributed by atoms with Gasteiger partial charge in [0.2, 0.25) is 0 Å². The maximum atomic E-state index is 12.6. The topological polar surface area (TPSA) is 84.5 Å². The molecule has 2 aromatic carbocycles. The van der Waals surface area contributed by atoms with Crippen LogP contribution in [0.15, 0.2) is 54.6 Å². The van der Waals surface area contributed by atoms with E-state index in [-0.39, 0.29) is 18.4 Å². The first-order valence-electron chi connectivity index (χ1n) is 9.29. The Hall–Kier alpha value is -3.15. The first kappa shape index (κ1) is 21.2. The Morgan fingerprint density at radius 2 is 1.64 bits per heavy atom. The standard InChI is InChI=1S/C22H26N2O4/c1-4-15(2)20(16-8-6-5-7-9-16)22(27)28-14-19(25)24-18-12-10-17(11-13-18)21(26)23-3/h5-13,15,20H,4,14H2,1-3H3,(H,23,26)(H,24,25)/t15-,20+/m0/s1. The van der Waals surface area contributed by atoms with Crippen molar-refractivity contribution in [1.82, 2.24) is 5.32 Å². The number of rotatable bonds is 8. The minimum atomic E-state index is -0.433. The van der Waals surface area contributed by atoms with E-state index in [1.165, 1.54) is 0 Å². The number of esters is 1. The van der Waals surface area contributed by atoms with Crippen molar-refractivity contribution in [2.24, 2.45) is 5.92 Å². The maximum Gasteiger partial charge on any atom is 0.314 e. The van der Waals surface area contributed by atoms with E-state index in [0.29, 0.717) is 11.3 Å². The Morgan fingerprint density at radius 1 is 1.00 bits per heavy atom. The summed E-state index contributed by atoms with van der Waals surface area (Å²) in [4.78, 5) is 36.3. The average Bonchev–Trinajstić information content (AvgIpc) is 2.73. The van der Waals surface area contributed by atoms with Crippen molar-refractivity contribution in [1.29, 1.82) is 0 Å². The van der Waals surface area contributed by atoms with Crippen molar-refractivity contribution in [3.8, 4) is 0 Å². The number of anilines is 1. The lowest BCUT2D eigenvalue weighted by Gasteiger charge is -2.21. The Labute approximate surface area is 165 Å². The molecule has 0 aliphatic rings. The Balaban J connectivity index is 1.95. The van der Waals surface area contributed by atoms with Crippen LogP contribution in [-0.4, -0.2) is 31.4 Å². The van der Waals surface area contributed by atoms with Gasteiger partial charge < -0.3 is 15.4 Å². The van der Waals surface area contributed by atoms with Gasteiger partial charge in [-0.2, -0.15) is 0 Å². The van der Waals surface area contributed by atoms with E-state index < -0.39 is 17.8 Å². The molecule has 0 saturated carbocycles. The fraction of sp³-hybridized carbons (Fsp3) is 0.318. The zero-order valence-electron chi connectivity index (χ0n) is 16.4. The summed E-state index contributed by atoms with van der Waals surface area (Å²) in [5.41, 5.74) is 1.90. The molecule has 0 aromatic heterocycles. The van der Waals surface area contributed by atoms with Crippen LogP contribution in [0, 0.1) is 5.92 Å². The molecular formula is C22H26N2O4. The van der Waals surface area contributed by atoms with E-state index >= 15 is 0 Å². The molecule has 28 heavy (non-hydrogen) atoms. The second-order valence-electron chi connectivity index (χ2n) is 6.59.